The fourth-order valence-electron chi connectivity index (χ4n) is 3.34. The van der Waals surface area contributed by atoms with Gasteiger partial charge in [0.15, 0.2) is 5.96 Å². The zero-order valence-electron chi connectivity index (χ0n) is 12.5. The molecule has 5 nitrogen and oxygen atoms in total. The van der Waals surface area contributed by atoms with Gasteiger partial charge in [0, 0.05) is 51.4 Å². The molecule has 4 rings (SSSR count). The Labute approximate surface area is 122 Å². The molecule has 4 aliphatic rings. The second kappa shape index (κ2) is 6.59. The van der Waals surface area contributed by atoms with Crippen LogP contribution in [0.5, 0.6) is 0 Å². The van der Waals surface area contributed by atoms with E-state index in [1.54, 1.807) is 0 Å². The van der Waals surface area contributed by atoms with Crippen molar-refractivity contribution < 1.29 is 0 Å². The maximum atomic E-state index is 4.82. The van der Waals surface area contributed by atoms with Crippen LogP contribution in [0.2, 0.25) is 0 Å². The predicted octanol–water partition coefficient (Wildman–Crippen LogP) is 0.260. The highest BCUT2D eigenvalue weighted by Crippen LogP contribution is 2.15. The predicted molar refractivity (Wildman–Crippen MR) is 83.1 cm³/mol. The third kappa shape index (κ3) is 3.33. The van der Waals surface area contributed by atoms with E-state index in [4.69, 9.17) is 4.99 Å². The van der Waals surface area contributed by atoms with Gasteiger partial charge >= 0.3 is 0 Å². The average molecular weight is 277 g/mol. The molecule has 0 aromatic heterocycles. The minimum absolute atomic E-state index is 0.527. The molecule has 0 saturated carbocycles. The Morgan fingerprint density at radius 3 is 2.55 bits per heavy atom. The van der Waals surface area contributed by atoms with Gasteiger partial charge in [-0.15, -0.1) is 0 Å². The van der Waals surface area contributed by atoms with Crippen LogP contribution in [0.3, 0.4) is 0 Å². The SMILES string of the molecule is CCNC(=NCC1CN2CCN1CC2)NC1CC=CC1. The lowest BCUT2D eigenvalue weighted by Crippen LogP contribution is -2.62. The molecule has 3 fully saturated rings. The van der Waals surface area contributed by atoms with Crippen molar-refractivity contribution in [1.29, 1.82) is 0 Å². The molecule has 0 radical (unpaired) electrons. The Morgan fingerprint density at radius 1 is 1.20 bits per heavy atom. The van der Waals surface area contributed by atoms with Gasteiger partial charge in [-0.25, -0.2) is 0 Å². The van der Waals surface area contributed by atoms with E-state index in [-0.39, 0.29) is 0 Å². The molecule has 3 saturated heterocycles. The van der Waals surface area contributed by atoms with E-state index in [9.17, 15) is 0 Å². The van der Waals surface area contributed by atoms with E-state index in [1.807, 2.05) is 0 Å². The van der Waals surface area contributed by atoms with Gasteiger partial charge < -0.3 is 10.6 Å². The first-order chi connectivity index (χ1) is 9.85. The molecule has 1 unspecified atom stereocenters. The molecule has 0 aromatic carbocycles. The van der Waals surface area contributed by atoms with Crippen molar-refractivity contribution in [2.24, 2.45) is 4.99 Å². The molecule has 1 atom stereocenters. The number of hydrogen-bond donors (Lipinski definition) is 2. The molecule has 2 N–H and O–H groups in total. The first kappa shape index (κ1) is 13.9. The fourth-order valence-corrected chi connectivity index (χ4v) is 3.34. The van der Waals surface area contributed by atoms with Crippen molar-refractivity contribution in [3.8, 4) is 0 Å². The number of fused-ring (bicyclic) bond motifs is 3. The summed E-state index contributed by atoms with van der Waals surface area (Å²) in [5.41, 5.74) is 0. The zero-order valence-corrected chi connectivity index (χ0v) is 12.5. The number of rotatable bonds is 4. The lowest BCUT2D eigenvalue weighted by atomic mass is 10.1. The second-order valence-electron chi connectivity index (χ2n) is 5.99. The van der Waals surface area contributed by atoms with Gasteiger partial charge in [0.25, 0.3) is 0 Å². The number of piperazine rings is 3. The highest BCUT2D eigenvalue weighted by molar-refractivity contribution is 5.80. The maximum Gasteiger partial charge on any atom is 0.191 e. The molecule has 1 aliphatic carbocycles. The quantitative estimate of drug-likeness (QED) is 0.439. The Hall–Kier alpha value is -1.07. The van der Waals surface area contributed by atoms with Crippen LogP contribution < -0.4 is 10.6 Å². The van der Waals surface area contributed by atoms with Crippen molar-refractivity contribution in [3.05, 3.63) is 12.2 Å². The van der Waals surface area contributed by atoms with E-state index >= 15 is 0 Å². The molecule has 0 spiro atoms. The number of hydrogen-bond acceptors (Lipinski definition) is 3. The highest BCUT2D eigenvalue weighted by Gasteiger charge is 2.31. The van der Waals surface area contributed by atoms with Crippen molar-refractivity contribution in [2.75, 3.05) is 45.8 Å². The van der Waals surface area contributed by atoms with Crippen LogP contribution in [0, 0.1) is 0 Å². The van der Waals surface area contributed by atoms with Crippen LogP contribution in [0.15, 0.2) is 17.1 Å². The maximum absolute atomic E-state index is 4.82. The van der Waals surface area contributed by atoms with Gasteiger partial charge in [0.05, 0.1) is 6.54 Å². The summed E-state index contributed by atoms with van der Waals surface area (Å²) in [7, 11) is 0. The van der Waals surface area contributed by atoms with Gasteiger partial charge in [0.2, 0.25) is 0 Å². The molecule has 0 amide bonds. The van der Waals surface area contributed by atoms with Gasteiger partial charge in [-0.1, -0.05) is 12.2 Å². The molecular weight excluding hydrogens is 250 g/mol. The summed E-state index contributed by atoms with van der Waals surface area (Å²) in [6, 6.07) is 1.13. The first-order valence-electron chi connectivity index (χ1n) is 8.01. The summed E-state index contributed by atoms with van der Waals surface area (Å²) in [5, 5.41) is 6.92. The molecule has 0 aromatic rings. The van der Waals surface area contributed by atoms with E-state index in [1.165, 1.54) is 32.7 Å². The van der Waals surface area contributed by atoms with Crippen molar-refractivity contribution in [1.82, 2.24) is 20.4 Å². The summed E-state index contributed by atoms with van der Waals surface area (Å²) in [5.74, 6) is 0.985. The lowest BCUT2D eigenvalue weighted by Gasteiger charge is -2.47. The molecule has 3 aliphatic heterocycles. The average Bonchev–Trinajstić information content (AvgIpc) is 2.99. The van der Waals surface area contributed by atoms with E-state index < -0.39 is 0 Å². The molecule has 3 heterocycles. The van der Waals surface area contributed by atoms with Crippen molar-refractivity contribution in [2.45, 2.75) is 31.8 Å². The van der Waals surface area contributed by atoms with Crippen LogP contribution in [0.25, 0.3) is 0 Å². The fraction of sp³-hybridized carbons (Fsp3) is 0.800. The standard InChI is InChI=1S/C15H27N5/c1-2-16-15(18-13-5-3-4-6-13)17-11-14-12-19-7-9-20(14)10-8-19/h3-4,13-14H,2,5-12H2,1H3,(H2,16,17,18). The molecule has 112 valence electrons. The van der Waals surface area contributed by atoms with Crippen LogP contribution in [0.1, 0.15) is 19.8 Å². The molecule has 2 bridgehead atoms. The number of guanidine groups is 1. The normalized spacial score (nSPS) is 33.6. The molecule has 20 heavy (non-hydrogen) atoms. The minimum atomic E-state index is 0.527. The summed E-state index contributed by atoms with van der Waals surface area (Å²) in [4.78, 5) is 9.99. The Balaban J connectivity index is 1.53. The smallest absolute Gasteiger partial charge is 0.191 e. The number of aliphatic imine (C=N–C) groups is 1. The summed E-state index contributed by atoms with van der Waals surface area (Å²) in [6.45, 7) is 10.1. The minimum Gasteiger partial charge on any atom is -0.357 e. The first-order valence-corrected chi connectivity index (χ1v) is 8.01. The Bertz CT molecular complexity index is 362. The van der Waals surface area contributed by atoms with E-state index in [0.717, 1.165) is 31.9 Å². The van der Waals surface area contributed by atoms with Crippen molar-refractivity contribution in [3.63, 3.8) is 0 Å². The summed E-state index contributed by atoms with van der Waals surface area (Å²) in [6.07, 6.45) is 6.74. The zero-order chi connectivity index (χ0) is 13.8. The van der Waals surface area contributed by atoms with Gasteiger partial charge in [-0.2, -0.15) is 0 Å². The van der Waals surface area contributed by atoms with E-state index in [2.05, 4.69) is 39.5 Å². The van der Waals surface area contributed by atoms with Crippen LogP contribution in [-0.2, 0) is 0 Å². The largest absolute Gasteiger partial charge is 0.357 e. The van der Waals surface area contributed by atoms with Crippen molar-refractivity contribution >= 4 is 5.96 Å². The Kier molecular flexibility index (Phi) is 4.58. The molecular formula is C15H27N5. The Morgan fingerprint density at radius 2 is 1.95 bits per heavy atom. The van der Waals surface area contributed by atoms with Crippen LogP contribution >= 0.6 is 0 Å². The monoisotopic (exact) mass is 277 g/mol. The number of nitrogens with one attached hydrogen (secondary N) is 2. The molecule has 5 heteroatoms. The lowest BCUT2D eigenvalue weighted by molar-refractivity contribution is 0.0174. The van der Waals surface area contributed by atoms with E-state index in [0.29, 0.717) is 12.1 Å². The third-order valence-corrected chi connectivity index (χ3v) is 4.55. The highest BCUT2D eigenvalue weighted by atomic mass is 15.3. The van der Waals surface area contributed by atoms with Gasteiger partial charge in [-0.05, 0) is 19.8 Å². The topological polar surface area (TPSA) is 42.9 Å². The second-order valence-corrected chi connectivity index (χ2v) is 5.99. The third-order valence-electron chi connectivity index (χ3n) is 4.55. The van der Waals surface area contributed by atoms with Crippen LogP contribution in [-0.4, -0.2) is 73.7 Å². The van der Waals surface area contributed by atoms with Gasteiger partial charge in [-0.3, -0.25) is 14.8 Å². The summed E-state index contributed by atoms with van der Waals surface area (Å²) < 4.78 is 0. The van der Waals surface area contributed by atoms with Gasteiger partial charge in [0.1, 0.15) is 0 Å². The van der Waals surface area contributed by atoms with Crippen LogP contribution in [0.4, 0.5) is 0 Å². The summed E-state index contributed by atoms with van der Waals surface area (Å²) >= 11 is 0. The number of nitrogens with zero attached hydrogens (tertiary/aromatic N) is 3.